The van der Waals surface area contributed by atoms with Gasteiger partial charge in [0.05, 0.1) is 5.25 Å². The quantitative estimate of drug-likeness (QED) is 0.780. The van der Waals surface area contributed by atoms with Gasteiger partial charge in [-0.1, -0.05) is 36.7 Å². The average Bonchev–Trinajstić information content (AvgIpc) is 2.91. The molecule has 138 valence electrons. The molecule has 5 nitrogen and oxygen atoms in total. The predicted molar refractivity (Wildman–Crippen MR) is 104 cm³/mol. The molecule has 0 saturated carbocycles. The van der Waals surface area contributed by atoms with Gasteiger partial charge in [0, 0.05) is 37.3 Å². The molecule has 1 aliphatic rings. The summed E-state index contributed by atoms with van der Waals surface area (Å²) in [5, 5.41) is 3.38. The Bertz CT molecular complexity index is 614. The van der Waals surface area contributed by atoms with E-state index in [-0.39, 0.29) is 22.6 Å². The zero-order valence-electron chi connectivity index (χ0n) is 15.0. The first-order valence-electron chi connectivity index (χ1n) is 8.68. The molecule has 1 N–H and O–H groups in total. The number of urea groups is 1. The highest BCUT2D eigenvalue weighted by Crippen LogP contribution is 2.46. The standard InChI is InChI=1S/C18H26ClN3O2S/c1-4-15-16(23)22(12-8-11-21(3)18(24)20-5-2)17(25-15)13-9-6-7-10-14(13)19/h6-7,9-10,15,17H,4-5,8,11-12H2,1-3H3,(H,20,24)/t15-,17-/m1/s1. The summed E-state index contributed by atoms with van der Waals surface area (Å²) in [5.41, 5.74) is 0.982. The Kier molecular flexibility index (Phi) is 7.44. The van der Waals surface area contributed by atoms with Crippen LogP contribution in [0.25, 0.3) is 0 Å². The molecule has 1 aromatic rings. The van der Waals surface area contributed by atoms with Crippen molar-refractivity contribution in [2.24, 2.45) is 0 Å². The van der Waals surface area contributed by atoms with E-state index in [4.69, 9.17) is 11.6 Å². The lowest BCUT2D eigenvalue weighted by Gasteiger charge is -2.26. The number of carbonyl (C=O) groups excluding carboxylic acids is 2. The summed E-state index contributed by atoms with van der Waals surface area (Å²) < 4.78 is 0. The van der Waals surface area contributed by atoms with E-state index in [0.29, 0.717) is 24.7 Å². The lowest BCUT2D eigenvalue weighted by molar-refractivity contribution is -0.130. The second-order valence-electron chi connectivity index (χ2n) is 6.05. The largest absolute Gasteiger partial charge is 0.338 e. The summed E-state index contributed by atoms with van der Waals surface area (Å²) in [6, 6.07) is 7.61. The molecule has 25 heavy (non-hydrogen) atoms. The first-order valence-corrected chi connectivity index (χ1v) is 10.0. The number of benzene rings is 1. The Hall–Kier alpha value is -1.40. The summed E-state index contributed by atoms with van der Waals surface area (Å²) in [5.74, 6) is 0.165. The van der Waals surface area contributed by atoms with Gasteiger partial charge >= 0.3 is 6.03 Å². The minimum atomic E-state index is -0.0845. The molecule has 7 heteroatoms. The highest BCUT2D eigenvalue weighted by molar-refractivity contribution is 8.01. The van der Waals surface area contributed by atoms with Gasteiger partial charge in [0.2, 0.25) is 5.91 Å². The van der Waals surface area contributed by atoms with Crippen molar-refractivity contribution in [3.8, 4) is 0 Å². The van der Waals surface area contributed by atoms with E-state index in [2.05, 4.69) is 5.32 Å². The molecule has 0 bridgehead atoms. The number of hydrogen-bond donors (Lipinski definition) is 1. The number of thioether (sulfide) groups is 1. The van der Waals surface area contributed by atoms with Crippen molar-refractivity contribution in [2.75, 3.05) is 26.7 Å². The van der Waals surface area contributed by atoms with Crippen LogP contribution in [-0.4, -0.2) is 53.7 Å². The normalized spacial score (nSPS) is 20.0. The van der Waals surface area contributed by atoms with E-state index in [1.165, 1.54) is 0 Å². The molecule has 1 saturated heterocycles. The van der Waals surface area contributed by atoms with Crippen molar-refractivity contribution < 1.29 is 9.59 Å². The van der Waals surface area contributed by atoms with Crippen LogP contribution in [0.1, 0.15) is 37.6 Å². The fraction of sp³-hybridized carbons (Fsp3) is 0.556. The summed E-state index contributed by atoms with van der Waals surface area (Å²) in [7, 11) is 1.77. The van der Waals surface area contributed by atoms with Crippen molar-refractivity contribution in [2.45, 2.75) is 37.3 Å². The van der Waals surface area contributed by atoms with Crippen molar-refractivity contribution in [3.05, 3.63) is 34.9 Å². The third-order valence-electron chi connectivity index (χ3n) is 4.24. The molecule has 1 heterocycles. The Morgan fingerprint density at radius 1 is 1.36 bits per heavy atom. The van der Waals surface area contributed by atoms with Gasteiger partial charge in [0.25, 0.3) is 0 Å². The molecule has 0 unspecified atom stereocenters. The van der Waals surface area contributed by atoms with Gasteiger partial charge in [-0.05, 0) is 25.8 Å². The van der Waals surface area contributed by atoms with E-state index in [9.17, 15) is 9.59 Å². The van der Waals surface area contributed by atoms with Gasteiger partial charge in [0.15, 0.2) is 0 Å². The molecule has 1 aromatic carbocycles. The van der Waals surface area contributed by atoms with Crippen LogP contribution < -0.4 is 5.32 Å². The van der Waals surface area contributed by atoms with Gasteiger partial charge in [-0.2, -0.15) is 0 Å². The van der Waals surface area contributed by atoms with Crippen LogP contribution in [0.5, 0.6) is 0 Å². The number of carbonyl (C=O) groups is 2. The van der Waals surface area contributed by atoms with Crippen molar-refractivity contribution in [1.82, 2.24) is 15.1 Å². The van der Waals surface area contributed by atoms with Crippen LogP contribution in [0.15, 0.2) is 24.3 Å². The molecule has 1 aliphatic heterocycles. The molecular weight excluding hydrogens is 358 g/mol. The second kappa shape index (κ2) is 9.34. The fourth-order valence-corrected chi connectivity index (χ4v) is 4.64. The third kappa shape index (κ3) is 4.82. The Balaban J connectivity index is 2.04. The Morgan fingerprint density at radius 2 is 2.08 bits per heavy atom. The molecular formula is C18H26ClN3O2S. The lowest BCUT2D eigenvalue weighted by Crippen LogP contribution is -2.39. The van der Waals surface area contributed by atoms with Crippen LogP contribution in [-0.2, 0) is 4.79 Å². The van der Waals surface area contributed by atoms with Crippen LogP contribution >= 0.6 is 23.4 Å². The van der Waals surface area contributed by atoms with Crippen molar-refractivity contribution in [3.63, 3.8) is 0 Å². The maximum Gasteiger partial charge on any atom is 0.317 e. The minimum absolute atomic E-state index is 0.0256. The van der Waals surface area contributed by atoms with E-state index >= 15 is 0 Å². The fourth-order valence-electron chi connectivity index (χ4n) is 2.87. The zero-order valence-corrected chi connectivity index (χ0v) is 16.6. The average molecular weight is 384 g/mol. The third-order valence-corrected chi connectivity index (χ3v) is 6.22. The van der Waals surface area contributed by atoms with Gasteiger partial charge in [-0.25, -0.2) is 4.79 Å². The number of nitrogens with zero attached hydrogens (tertiary/aromatic N) is 2. The summed E-state index contributed by atoms with van der Waals surface area (Å²) in [6.07, 6.45) is 1.54. The predicted octanol–water partition coefficient (Wildman–Crippen LogP) is 3.74. The molecule has 0 radical (unpaired) electrons. The molecule has 0 aliphatic carbocycles. The molecule has 2 rings (SSSR count). The van der Waals surface area contributed by atoms with Crippen molar-refractivity contribution >= 4 is 35.3 Å². The number of hydrogen-bond acceptors (Lipinski definition) is 3. The Morgan fingerprint density at radius 3 is 2.72 bits per heavy atom. The van der Waals surface area contributed by atoms with Gasteiger partial charge in [-0.15, -0.1) is 11.8 Å². The second-order valence-corrected chi connectivity index (χ2v) is 7.74. The van der Waals surface area contributed by atoms with Crippen LogP contribution in [0.3, 0.4) is 0 Å². The smallest absolute Gasteiger partial charge is 0.317 e. The van der Waals surface area contributed by atoms with E-state index in [1.54, 1.807) is 23.7 Å². The van der Waals surface area contributed by atoms with Gasteiger partial charge in [0.1, 0.15) is 5.37 Å². The molecule has 1 fully saturated rings. The van der Waals surface area contributed by atoms with E-state index in [1.807, 2.05) is 43.0 Å². The summed E-state index contributed by atoms with van der Waals surface area (Å²) in [4.78, 5) is 28.0. The molecule has 0 aromatic heterocycles. The molecule has 3 amide bonds. The monoisotopic (exact) mass is 383 g/mol. The van der Waals surface area contributed by atoms with Crippen LogP contribution in [0.2, 0.25) is 5.02 Å². The minimum Gasteiger partial charge on any atom is -0.338 e. The Labute approximate surface area is 159 Å². The maximum absolute atomic E-state index is 12.7. The first kappa shape index (κ1) is 19.9. The van der Waals surface area contributed by atoms with E-state index in [0.717, 1.165) is 18.4 Å². The molecule has 0 spiro atoms. The topological polar surface area (TPSA) is 52.7 Å². The van der Waals surface area contributed by atoms with Crippen LogP contribution in [0.4, 0.5) is 4.79 Å². The van der Waals surface area contributed by atoms with Gasteiger partial charge in [-0.3, -0.25) is 4.79 Å². The van der Waals surface area contributed by atoms with E-state index < -0.39 is 0 Å². The first-order chi connectivity index (χ1) is 12.0. The maximum atomic E-state index is 12.7. The van der Waals surface area contributed by atoms with Gasteiger partial charge < -0.3 is 15.1 Å². The SMILES string of the molecule is CCNC(=O)N(C)CCCN1C(=O)[C@@H](CC)S[C@@H]1c1ccccc1Cl. The van der Waals surface area contributed by atoms with Crippen molar-refractivity contribution in [1.29, 1.82) is 0 Å². The summed E-state index contributed by atoms with van der Waals surface area (Å²) in [6.45, 7) is 5.75. The number of halogens is 1. The highest BCUT2D eigenvalue weighted by atomic mass is 35.5. The van der Waals surface area contributed by atoms with Crippen LogP contribution in [0, 0.1) is 0 Å². The number of nitrogens with one attached hydrogen (secondary N) is 1. The number of amides is 3. The number of rotatable bonds is 7. The zero-order chi connectivity index (χ0) is 18.4. The summed E-state index contributed by atoms with van der Waals surface area (Å²) >= 11 is 8.02. The molecule has 2 atom stereocenters. The highest BCUT2D eigenvalue weighted by Gasteiger charge is 2.40. The lowest BCUT2D eigenvalue weighted by atomic mass is 10.2.